The van der Waals surface area contributed by atoms with E-state index in [1.54, 1.807) is 0 Å². The molecular formula is C15H24OS. The molecule has 0 bridgehead atoms. The van der Waals surface area contributed by atoms with Gasteiger partial charge in [0.05, 0.1) is 6.61 Å². The molecule has 2 heteroatoms. The van der Waals surface area contributed by atoms with Crippen molar-refractivity contribution in [1.29, 1.82) is 0 Å². The van der Waals surface area contributed by atoms with Crippen molar-refractivity contribution >= 4 is 12.6 Å². The quantitative estimate of drug-likeness (QED) is 0.741. The molecule has 96 valence electrons. The van der Waals surface area contributed by atoms with Gasteiger partial charge in [-0.05, 0) is 44.1 Å². The Kier molecular flexibility index (Phi) is 5.90. The SMILES string of the molecule is CCCC(CS)COc1c(C)cc(C)cc1C. The third-order valence-corrected chi connectivity index (χ3v) is 3.54. The van der Waals surface area contributed by atoms with Gasteiger partial charge in [0.2, 0.25) is 0 Å². The summed E-state index contributed by atoms with van der Waals surface area (Å²) in [5, 5.41) is 0. The van der Waals surface area contributed by atoms with E-state index in [2.05, 4.69) is 52.5 Å². The monoisotopic (exact) mass is 252 g/mol. The average Bonchev–Trinajstić information content (AvgIpc) is 2.26. The highest BCUT2D eigenvalue weighted by atomic mass is 32.1. The Morgan fingerprint density at radius 2 is 1.76 bits per heavy atom. The fraction of sp³-hybridized carbons (Fsp3) is 0.600. The van der Waals surface area contributed by atoms with Crippen LogP contribution in [-0.2, 0) is 0 Å². The second-order valence-electron chi connectivity index (χ2n) is 4.88. The fourth-order valence-corrected chi connectivity index (χ4v) is 2.52. The predicted molar refractivity (Wildman–Crippen MR) is 78.4 cm³/mol. The summed E-state index contributed by atoms with van der Waals surface area (Å²) < 4.78 is 5.98. The Hall–Kier alpha value is -0.630. The van der Waals surface area contributed by atoms with E-state index in [0.29, 0.717) is 5.92 Å². The number of hydrogen-bond acceptors (Lipinski definition) is 2. The number of benzene rings is 1. The standard InChI is InChI=1S/C15H24OS/c1-5-6-14(10-17)9-16-15-12(3)7-11(2)8-13(15)4/h7-8,14,17H,5-6,9-10H2,1-4H3. The predicted octanol–water partition coefficient (Wildman–Crippen LogP) is 4.34. The summed E-state index contributed by atoms with van der Waals surface area (Å²) in [6, 6.07) is 4.36. The van der Waals surface area contributed by atoms with Crippen LogP contribution in [0.1, 0.15) is 36.5 Å². The molecule has 0 heterocycles. The van der Waals surface area contributed by atoms with Crippen LogP contribution in [0.5, 0.6) is 5.75 Å². The van der Waals surface area contributed by atoms with Gasteiger partial charge < -0.3 is 4.74 Å². The van der Waals surface area contributed by atoms with E-state index in [1.165, 1.54) is 29.5 Å². The van der Waals surface area contributed by atoms with Crippen LogP contribution in [0.3, 0.4) is 0 Å². The molecule has 1 atom stereocenters. The maximum Gasteiger partial charge on any atom is 0.125 e. The molecule has 0 spiro atoms. The molecule has 0 aliphatic carbocycles. The molecule has 0 N–H and O–H groups in total. The molecule has 1 unspecified atom stereocenters. The summed E-state index contributed by atoms with van der Waals surface area (Å²) in [5.74, 6) is 2.51. The maximum absolute atomic E-state index is 5.98. The van der Waals surface area contributed by atoms with Gasteiger partial charge in [-0.2, -0.15) is 12.6 Å². The molecule has 0 aromatic heterocycles. The fourth-order valence-electron chi connectivity index (χ4n) is 2.23. The normalized spacial score (nSPS) is 12.5. The molecule has 1 rings (SSSR count). The van der Waals surface area contributed by atoms with Crippen molar-refractivity contribution in [1.82, 2.24) is 0 Å². The molecule has 0 aliphatic heterocycles. The van der Waals surface area contributed by atoms with Gasteiger partial charge in [0.1, 0.15) is 5.75 Å². The van der Waals surface area contributed by atoms with E-state index in [4.69, 9.17) is 4.74 Å². The first kappa shape index (κ1) is 14.4. The van der Waals surface area contributed by atoms with Gasteiger partial charge in [0, 0.05) is 5.92 Å². The minimum Gasteiger partial charge on any atom is -0.493 e. The second kappa shape index (κ2) is 6.95. The Bertz CT molecular complexity index is 337. The van der Waals surface area contributed by atoms with E-state index >= 15 is 0 Å². The van der Waals surface area contributed by atoms with Crippen LogP contribution < -0.4 is 4.74 Å². The Labute approximate surface area is 111 Å². The van der Waals surface area contributed by atoms with Crippen LogP contribution in [0.2, 0.25) is 0 Å². The van der Waals surface area contributed by atoms with Gasteiger partial charge in [0.15, 0.2) is 0 Å². The van der Waals surface area contributed by atoms with Gasteiger partial charge in [-0.15, -0.1) is 0 Å². The van der Waals surface area contributed by atoms with Crippen molar-refractivity contribution in [3.8, 4) is 5.75 Å². The van der Waals surface area contributed by atoms with Crippen LogP contribution in [0.4, 0.5) is 0 Å². The molecule has 0 saturated carbocycles. The maximum atomic E-state index is 5.98. The van der Waals surface area contributed by atoms with E-state index < -0.39 is 0 Å². The highest BCUT2D eigenvalue weighted by molar-refractivity contribution is 7.80. The van der Waals surface area contributed by atoms with Crippen LogP contribution in [0.15, 0.2) is 12.1 Å². The molecule has 17 heavy (non-hydrogen) atoms. The lowest BCUT2D eigenvalue weighted by molar-refractivity contribution is 0.251. The van der Waals surface area contributed by atoms with Gasteiger partial charge in [-0.25, -0.2) is 0 Å². The first-order valence-corrected chi connectivity index (χ1v) is 7.03. The Morgan fingerprint density at radius 1 is 1.18 bits per heavy atom. The van der Waals surface area contributed by atoms with Crippen molar-refractivity contribution in [3.63, 3.8) is 0 Å². The molecular weight excluding hydrogens is 228 g/mol. The van der Waals surface area contributed by atoms with E-state index in [9.17, 15) is 0 Å². The third-order valence-electron chi connectivity index (χ3n) is 3.02. The summed E-state index contributed by atoms with van der Waals surface area (Å²) in [7, 11) is 0. The topological polar surface area (TPSA) is 9.23 Å². The van der Waals surface area contributed by atoms with E-state index in [0.717, 1.165) is 18.1 Å². The summed E-state index contributed by atoms with van der Waals surface area (Å²) in [6.45, 7) is 9.34. The van der Waals surface area contributed by atoms with E-state index in [-0.39, 0.29) is 0 Å². The minimum absolute atomic E-state index is 0.559. The van der Waals surface area contributed by atoms with Gasteiger partial charge in [-0.3, -0.25) is 0 Å². The van der Waals surface area contributed by atoms with Crippen molar-refractivity contribution in [2.75, 3.05) is 12.4 Å². The molecule has 0 radical (unpaired) electrons. The summed E-state index contributed by atoms with van der Waals surface area (Å²) in [6.07, 6.45) is 2.38. The van der Waals surface area contributed by atoms with Gasteiger partial charge in [-0.1, -0.05) is 31.0 Å². The molecule has 1 aromatic rings. The van der Waals surface area contributed by atoms with Gasteiger partial charge >= 0.3 is 0 Å². The highest BCUT2D eigenvalue weighted by Crippen LogP contribution is 2.25. The summed E-state index contributed by atoms with van der Waals surface area (Å²) in [4.78, 5) is 0. The van der Waals surface area contributed by atoms with Crippen molar-refractivity contribution in [2.45, 2.75) is 40.5 Å². The minimum atomic E-state index is 0.559. The number of rotatable bonds is 6. The lowest BCUT2D eigenvalue weighted by atomic mass is 10.1. The average molecular weight is 252 g/mol. The van der Waals surface area contributed by atoms with Crippen LogP contribution in [0.25, 0.3) is 0 Å². The third kappa shape index (κ3) is 4.27. The first-order valence-electron chi connectivity index (χ1n) is 6.40. The Balaban J connectivity index is 2.68. The molecule has 0 amide bonds. The van der Waals surface area contributed by atoms with Crippen molar-refractivity contribution < 1.29 is 4.74 Å². The summed E-state index contributed by atoms with van der Waals surface area (Å²) >= 11 is 4.38. The van der Waals surface area contributed by atoms with E-state index in [1.807, 2.05) is 0 Å². The van der Waals surface area contributed by atoms with Gasteiger partial charge in [0.25, 0.3) is 0 Å². The zero-order valence-electron chi connectivity index (χ0n) is 11.4. The van der Waals surface area contributed by atoms with Crippen LogP contribution in [0, 0.1) is 26.7 Å². The first-order chi connectivity index (χ1) is 8.08. The summed E-state index contributed by atoms with van der Waals surface area (Å²) in [5.41, 5.74) is 3.76. The molecule has 1 nitrogen and oxygen atoms in total. The number of ether oxygens (including phenoxy) is 1. The highest BCUT2D eigenvalue weighted by Gasteiger charge is 2.10. The molecule has 0 aliphatic rings. The number of thiol groups is 1. The zero-order chi connectivity index (χ0) is 12.8. The van der Waals surface area contributed by atoms with Crippen LogP contribution >= 0.6 is 12.6 Å². The number of aryl methyl sites for hydroxylation is 3. The zero-order valence-corrected chi connectivity index (χ0v) is 12.3. The van der Waals surface area contributed by atoms with Crippen molar-refractivity contribution in [3.05, 3.63) is 28.8 Å². The molecule has 0 saturated heterocycles. The van der Waals surface area contributed by atoms with Crippen molar-refractivity contribution in [2.24, 2.45) is 5.92 Å². The lowest BCUT2D eigenvalue weighted by Crippen LogP contribution is -2.14. The molecule has 0 fully saturated rings. The molecule has 1 aromatic carbocycles. The second-order valence-corrected chi connectivity index (χ2v) is 5.24. The lowest BCUT2D eigenvalue weighted by Gasteiger charge is -2.18. The Morgan fingerprint density at radius 3 is 2.24 bits per heavy atom. The largest absolute Gasteiger partial charge is 0.493 e. The van der Waals surface area contributed by atoms with Crippen LogP contribution in [-0.4, -0.2) is 12.4 Å². The smallest absolute Gasteiger partial charge is 0.125 e. The number of hydrogen-bond donors (Lipinski definition) is 1.